The molecule has 0 radical (unpaired) electrons. The molecule has 0 amide bonds. The van der Waals surface area contributed by atoms with E-state index in [2.05, 4.69) is 62.7 Å². The summed E-state index contributed by atoms with van der Waals surface area (Å²) in [7, 11) is 2.17. The van der Waals surface area contributed by atoms with E-state index in [1.807, 2.05) is 12.1 Å². The van der Waals surface area contributed by atoms with Crippen molar-refractivity contribution in [2.45, 2.75) is 38.8 Å². The van der Waals surface area contributed by atoms with Gasteiger partial charge in [-0.1, -0.05) is 15.9 Å². The van der Waals surface area contributed by atoms with Crippen molar-refractivity contribution in [3.63, 3.8) is 0 Å². The molecular weight excluding hydrogens is 340 g/mol. The van der Waals surface area contributed by atoms with E-state index in [0.29, 0.717) is 12.1 Å². The third kappa shape index (κ3) is 3.10. The summed E-state index contributed by atoms with van der Waals surface area (Å²) in [6, 6.07) is 7.37. The number of halogens is 1. The van der Waals surface area contributed by atoms with Crippen molar-refractivity contribution >= 4 is 32.7 Å². The van der Waals surface area contributed by atoms with Gasteiger partial charge in [0.15, 0.2) is 0 Å². The fourth-order valence-corrected chi connectivity index (χ4v) is 3.62. The van der Waals surface area contributed by atoms with Gasteiger partial charge < -0.3 is 9.80 Å². The first-order chi connectivity index (χ1) is 10.6. The second kappa shape index (κ2) is 6.50. The standard InChI is InChI=1S/C17H23BrN4/c1-12(2)22-8-6-14(7-9-22)21(3)17-15-10-13(18)4-5-16(15)19-11-20-17/h4-5,10-12,14H,6-9H2,1-3H3. The summed E-state index contributed by atoms with van der Waals surface area (Å²) >= 11 is 3.55. The Balaban J connectivity index is 1.84. The lowest BCUT2D eigenvalue weighted by molar-refractivity contribution is 0.171. The molecule has 1 aromatic carbocycles. The summed E-state index contributed by atoms with van der Waals surface area (Å²) in [4.78, 5) is 13.8. The van der Waals surface area contributed by atoms with E-state index in [0.717, 1.165) is 21.2 Å². The Morgan fingerprint density at radius 1 is 1.23 bits per heavy atom. The number of piperidine rings is 1. The number of likely N-dealkylation sites (tertiary alicyclic amines) is 1. The molecule has 0 unspecified atom stereocenters. The minimum absolute atomic E-state index is 0.548. The highest BCUT2D eigenvalue weighted by molar-refractivity contribution is 9.10. The molecule has 2 aromatic rings. The molecule has 4 nitrogen and oxygen atoms in total. The Hall–Kier alpha value is -1.20. The Labute approximate surface area is 140 Å². The Morgan fingerprint density at radius 3 is 2.64 bits per heavy atom. The van der Waals surface area contributed by atoms with Crippen molar-refractivity contribution in [3.05, 3.63) is 29.0 Å². The van der Waals surface area contributed by atoms with Crippen LogP contribution in [0.5, 0.6) is 0 Å². The lowest BCUT2D eigenvalue weighted by Crippen LogP contribution is -2.46. The molecule has 22 heavy (non-hydrogen) atoms. The van der Waals surface area contributed by atoms with Crippen molar-refractivity contribution in [2.75, 3.05) is 25.0 Å². The zero-order chi connectivity index (χ0) is 15.7. The molecule has 0 saturated carbocycles. The summed E-state index contributed by atoms with van der Waals surface area (Å²) in [5.74, 6) is 1.04. The van der Waals surface area contributed by atoms with Crippen LogP contribution in [0, 0.1) is 0 Å². The summed E-state index contributed by atoms with van der Waals surface area (Å²) in [5.41, 5.74) is 1.000. The molecule has 1 fully saturated rings. The number of rotatable bonds is 3. The van der Waals surface area contributed by atoms with Gasteiger partial charge in [0.05, 0.1) is 5.52 Å². The monoisotopic (exact) mass is 362 g/mol. The second-order valence-electron chi connectivity index (χ2n) is 6.33. The van der Waals surface area contributed by atoms with Crippen LogP contribution in [0.1, 0.15) is 26.7 Å². The van der Waals surface area contributed by atoms with Gasteiger partial charge in [0, 0.05) is 42.1 Å². The fourth-order valence-electron chi connectivity index (χ4n) is 3.26. The number of anilines is 1. The zero-order valence-corrected chi connectivity index (χ0v) is 15.0. The Kier molecular flexibility index (Phi) is 4.64. The predicted octanol–water partition coefficient (Wildman–Crippen LogP) is 3.70. The first-order valence-electron chi connectivity index (χ1n) is 7.93. The van der Waals surface area contributed by atoms with Gasteiger partial charge in [-0.25, -0.2) is 9.97 Å². The predicted molar refractivity (Wildman–Crippen MR) is 95.4 cm³/mol. The Morgan fingerprint density at radius 2 is 1.95 bits per heavy atom. The summed E-state index contributed by atoms with van der Waals surface area (Å²) in [6.07, 6.45) is 4.05. The quantitative estimate of drug-likeness (QED) is 0.832. The maximum Gasteiger partial charge on any atom is 0.139 e. The van der Waals surface area contributed by atoms with Crippen LogP contribution in [0.25, 0.3) is 10.9 Å². The van der Waals surface area contributed by atoms with Crippen LogP contribution >= 0.6 is 15.9 Å². The molecule has 1 aliphatic heterocycles. The van der Waals surface area contributed by atoms with Crippen molar-refractivity contribution in [1.82, 2.24) is 14.9 Å². The van der Waals surface area contributed by atoms with E-state index in [9.17, 15) is 0 Å². The van der Waals surface area contributed by atoms with Gasteiger partial charge in [-0.15, -0.1) is 0 Å². The molecule has 0 bridgehead atoms. The molecule has 1 aromatic heterocycles. The van der Waals surface area contributed by atoms with Crippen LogP contribution in [0.3, 0.4) is 0 Å². The zero-order valence-electron chi connectivity index (χ0n) is 13.5. The highest BCUT2D eigenvalue weighted by Crippen LogP contribution is 2.29. The van der Waals surface area contributed by atoms with Crippen LogP contribution in [0.2, 0.25) is 0 Å². The molecule has 0 atom stereocenters. The first-order valence-corrected chi connectivity index (χ1v) is 8.72. The number of benzene rings is 1. The van der Waals surface area contributed by atoms with Crippen molar-refractivity contribution in [1.29, 1.82) is 0 Å². The van der Waals surface area contributed by atoms with Crippen LogP contribution in [-0.4, -0.2) is 47.1 Å². The van der Waals surface area contributed by atoms with Crippen molar-refractivity contribution in [3.8, 4) is 0 Å². The van der Waals surface area contributed by atoms with Gasteiger partial charge in [0.2, 0.25) is 0 Å². The molecule has 5 heteroatoms. The number of hydrogen-bond acceptors (Lipinski definition) is 4. The highest BCUT2D eigenvalue weighted by atomic mass is 79.9. The number of nitrogens with zero attached hydrogens (tertiary/aromatic N) is 4. The molecule has 0 N–H and O–H groups in total. The smallest absolute Gasteiger partial charge is 0.139 e. The third-order valence-electron chi connectivity index (χ3n) is 4.69. The van der Waals surface area contributed by atoms with E-state index in [1.54, 1.807) is 6.33 Å². The van der Waals surface area contributed by atoms with Gasteiger partial charge in [-0.2, -0.15) is 0 Å². The summed E-state index contributed by atoms with van der Waals surface area (Å²) in [5, 5.41) is 1.12. The van der Waals surface area contributed by atoms with Gasteiger partial charge in [0.25, 0.3) is 0 Å². The number of aromatic nitrogens is 2. The van der Waals surface area contributed by atoms with Crippen LogP contribution < -0.4 is 4.90 Å². The topological polar surface area (TPSA) is 32.3 Å². The molecule has 0 aliphatic carbocycles. The number of hydrogen-bond donors (Lipinski definition) is 0. The molecule has 3 rings (SSSR count). The van der Waals surface area contributed by atoms with E-state index >= 15 is 0 Å². The summed E-state index contributed by atoms with van der Waals surface area (Å²) in [6.45, 7) is 6.89. The lowest BCUT2D eigenvalue weighted by atomic mass is 10.0. The van der Waals surface area contributed by atoms with Gasteiger partial charge in [-0.3, -0.25) is 0 Å². The first kappa shape index (κ1) is 15.7. The second-order valence-corrected chi connectivity index (χ2v) is 7.25. The average molecular weight is 363 g/mol. The SMILES string of the molecule is CC(C)N1CCC(N(C)c2ncnc3ccc(Br)cc23)CC1. The van der Waals surface area contributed by atoms with Crippen molar-refractivity contribution in [2.24, 2.45) is 0 Å². The Bertz CT molecular complexity index is 650. The van der Waals surface area contributed by atoms with Crippen LogP contribution in [0.15, 0.2) is 29.0 Å². The molecule has 1 aliphatic rings. The normalized spacial score (nSPS) is 17.3. The van der Waals surface area contributed by atoms with Gasteiger partial charge in [0.1, 0.15) is 12.1 Å². The van der Waals surface area contributed by atoms with E-state index < -0.39 is 0 Å². The molecular formula is C17H23BrN4. The largest absolute Gasteiger partial charge is 0.356 e. The molecule has 2 heterocycles. The van der Waals surface area contributed by atoms with Crippen LogP contribution in [0.4, 0.5) is 5.82 Å². The van der Waals surface area contributed by atoms with Gasteiger partial charge in [-0.05, 0) is 44.9 Å². The third-order valence-corrected chi connectivity index (χ3v) is 5.18. The van der Waals surface area contributed by atoms with E-state index in [-0.39, 0.29) is 0 Å². The maximum atomic E-state index is 4.56. The fraction of sp³-hybridized carbons (Fsp3) is 0.529. The van der Waals surface area contributed by atoms with Crippen LogP contribution in [-0.2, 0) is 0 Å². The molecule has 0 spiro atoms. The lowest BCUT2D eigenvalue weighted by Gasteiger charge is -2.39. The highest BCUT2D eigenvalue weighted by Gasteiger charge is 2.25. The molecule has 118 valence electrons. The summed E-state index contributed by atoms with van der Waals surface area (Å²) < 4.78 is 1.07. The van der Waals surface area contributed by atoms with Crippen molar-refractivity contribution < 1.29 is 0 Å². The van der Waals surface area contributed by atoms with E-state index in [4.69, 9.17) is 0 Å². The average Bonchev–Trinajstić information content (AvgIpc) is 2.53. The van der Waals surface area contributed by atoms with E-state index in [1.165, 1.54) is 25.9 Å². The minimum atomic E-state index is 0.548. The minimum Gasteiger partial charge on any atom is -0.356 e. The maximum absolute atomic E-state index is 4.56. The number of fused-ring (bicyclic) bond motifs is 1. The van der Waals surface area contributed by atoms with Gasteiger partial charge >= 0.3 is 0 Å². The molecule has 1 saturated heterocycles.